The van der Waals surface area contributed by atoms with E-state index in [1.807, 2.05) is 0 Å². The van der Waals surface area contributed by atoms with Crippen LogP contribution in [0.5, 0.6) is 0 Å². The zero-order valence-corrected chi connectivity index (χ0v) is 10.1. The minimum atomic E-state index is -0.966. The average Bonchev–Trinajstić information content (AvgIpc) is 2.20. The van der Waals surface area contributed by atoms with Gasteiger partial charge < -0.3 is 16.8 Å². The first kappa shape index (κ1) is 13.4. The molecule has 17 heavy (non-hydrogen) atoms. The zero-order chi connectivity index (χ0) is 13.0. The fourth-order valence-corrected chi connectivity index (χ4v) is 1.66. The van der Waals surface area contributed by atoms with Gasteiger partial charge in [-0.05, 0) is 12.1 Å². The van der Waals surface area contributed by atoms with Crippen molar-refractivity contribution >= 4 is 28.1 Å². The maximum Gasteiger partial charge on any atom is 0.250 e. The van der Waals surface area contributed by atoms with Gasteiger partial charge in [-0.25, -0.2) is 4.39 Å². The minimum absolute atomic E-state index is 0.000354. The van der Waals surface area contributed by atoms with Crippen molar-refractivity contribution < 1.29 is 13.4 Å². The van der Waals surface area contributed by atoms with Gasteiger partial charge in [0.05, 0.1) is 11.3 Å². The van der Waals surface area contributed by atoms with Crippen molar-refractivity contribution in [3.05, 3.63) is 23.5 Å². The molecule has 1 amide bonds. The fourth-order valence-electron chi connectivity index (χ4n) is 1.27. The number of halogens is 1. The Morgan fingerprint density at radius 3 is 2.71 bits per heavy atom. The van der Waals surface area contributed by atoms with E-state index in [0.717, 1.165) is 6.07 Å². The molecule has 0 spiro atoms. The highest BCUT2D eigenvalue weighted by Crippen LogP contribution is 2.21. The highest BCUT2D eigenvalue weighted by molar-refractivity contribution is 7.84. The molecule has 0 aliphatic carbocycles. The van der Waals surface area contributed by atoms with E-state index < -0.39 is 22.5 Å². The molecule has 1 unspecified atom stereocenters. The Hall–Kier alpha value is -1.63. The molecule has 94 valence electrons. The molecule has 1 aromatic carbocycles. The molecule has 0 bridgehead atoms. The third-order valence-corrected chi connectivity index (χ3v) is 2.89. The normalized spacial score (nSPS) is 12.1. The summed E-state index contributed by atoms with van der Waals surface area (Å²) < 4.78 is 24.3. The van der Waals surface area contributed by atoms with Crippen molar-refractivity contribution in [2.24, 2.45) is 5.73 Å². The van der Waals surface area contributed by atoms with Gasteiger partial charge in [0.25, 0.3) is 5.91 Å². The molecule has 0 heterocycles. The van der Waals surface area contributed by atoms with Gasteiger partial charge in [-0.15, -0.1) is 0 Å². The van der Waals surface area contributed by atoms with Crippen molar-refractivity contribution in [2.45, 2.75) is 0 Å². The fraction of sp³-hybridized carbons (Fsp3) is 0.300. The molecule has 0 aromatic heterocycles. The van der Waals surface area contributed by atoms with Crippen LogP contribution in [0.15, 0.2) is 12.1 Å². The molecular formula is C10H14FN3O2S. The highest BCUT2D eigenvalue weighted by atomic mass is 32.2. The van der Waals surface area contributed by atoms with E-state index in [1.165, 1.54) is 6.07 Å². The Balaban J connectivity index is 2.88. The van der Waals surface area contributed by atoms with Crippen LogP contribution in [0.25, 0.3) is 0 Å². The third-order valence-electron chi connectivity index (χ3n) is 2.11. The monoisotopic (exact) mass is 259 g/mol. The number of hydrogen-bond acceptors (Lipinski definition) is 4. The van der Waals surface area contributed by atoms with E-state index in [9.17, 15) is 13.4 Å². The average molecular weight is 259 g/mol. The standard InChI is InChI=1S/C10H14FN3O2S/c1-17(16)3-2-14-9-4-6(10(13)15)8(12)5-7(9)11/h4-5,14H,2-3,12H2,1H3,(H2,13,15). The number of amides is 1. The molecule has 1 atom stereocenters. The van der Waals surface area contributed by atoms with Crippen molar-refractivity contribution in [2.75, 3.05) is 29.6 Å². The summed E-state index contributed by atoms with van der Waals surface area (Å²) >= 11 is 0. The summed E-state index contributed by atoms with van der Waals surface area (Å²) in [6.07, 6.45) is 1.55. The Morgan fingerprint density at radius 1 is 1.53 bits per heavy atom. The number of nitrogens with one attached hydrogen (secondary N) is 1. The van der Waals surface area contributed by atoms with E-state index in [0.29, 0.717) is 12.3 Å². The molecule has 5 N–H and O–H groups in total. The number of benzene rings is 1. The van der Waals surface area contributed by atoms with Crippen molar-refractivity contribution in [1.29, 1.82) is 0 Å². The number of nitrogens with two attached hydrogens (primary N) is 2. The summed E-state index contributed by atoms with van der Waals surface area (Å²) in [6.45, 7) is 0.335. The van der Waals surface area contributed by atoms with E-state index in [-0.39, 0.29) is 16.9 Å². The van der Waals surface area contributed by atoms with Crippen LogP contribution in [0.1, 0.15) is 10.4 Å². The van der Waals surface area contributed by atoms with Gasteiger partial charge in [0, 0.05) is 35.0 Å². The summed E-state index contributed by atoms with van der Waals surface area (Å²) in [5, 5.41) is 2.74. The van der Waals surface area contributed by atoms with Gasteiger partial charge in [-0.3, -0.25) is 9.00 Å². The summed E-state index contributed by atoms with van der Waals surface area (Å²) in [5.41, 5.74) is 10.7. The predicted molar refractivity (Wildman–Crippen MR) is 66.8 cm³/mol. The number of anilines is 2. The molecule has 1 aromatic rings. The molecule has 5 nitrogen and oxygen atoms in total. The summed E-state index contributed by atoms with van der Waals surface area (Å²) in [6, 6.07) is 2.29. The van der Waals surface area contributed by atoms with Gasteiger partial charge in [-0.2, -0.15) is 0 Å². The lowest BCUT2D eigenvalue weighted by atomic mass is 10.1. The lowest BCUT2D eigenvalue weighted by Gasteiger charge is -2.09. The summed E-state index contributed by atoms with van der Waals surface area (Å²) in [5.74, 6) is -0.908. The van der Waals surface area contributed by atoms with E-state index in [1.54, 1.807) is 6.26 Å². The van der Waals surface area contributed by atoms with Crippen LogP contribution in [0.3, 0.4) is 0 Å². The van der Waals surface area contributed by atoms with Gasteiger partial charge in [0.2, 0.25) is 0 Å². The Labute approximate surface area is 101 Å². The second kappa shape index (κ2) is 5.62. The Kier molecular flexibility index (Phi) is 4.45. The lowest BCUT2D eigenvalue weighted by Crippen LogP contribution is -2.16. The maximum absolute atomic E-state index is 13.4. The van der Waals surface area contributed by atoms with Crippen molar-refractivity contribution in [3.8, 4) is 0 Å². The quantitative estimate of drug-likeness (QED) is 0.662. The van der Waals surface area contributed by atoms with Crippen LogP contribution in [0.2, 0.25) is 0 Å². The number of carbonyl (C=O) groups excluding carboxylic acids is 1. The minimum Gasteiger partial charge on any atom is -0.398 e. The van der Waals surface area contributed by atoms with Crippen LogP contribution < -0.4 is 16.8 Å². The third kappa shape index (κ3) is 3.70. The zero-order valence-electron chi connectivity index (χ0n) is 9.33. The topological polar surface area (TPSA) is 98.2 Å². The maximum atomic E-state index is 13.4. The first-order valence-corrected chi connectivity index (χ1v) is 6.57. The SMILES string of the molecule is CS(=O)CCNc1cc(C(N)=O)c(N)cc1F. The number of rotatable bonds is 5. The molecule has 0 saturated heterocycles. The number of hydrogen-bond donors (Lipinski definition) is 3. The largest absolute Gasteiger partial charge is 0.398 e. The first-order chi connectivity index (χ1) is 7.91. The molecule has 1 rings (SSSR count). The molecular weight excluding hydrogens is 245 g/mol. The molecule has 0 fully saturated rings. The van der Waals surface area contributed by atoms with Gasteiger partial charge in [-0.1, -0.05) is 0 Å². The Morgan fingerprint density at radius 2 is 2.18 bits per heavy atom. The molecule has 7 heteroatoms. The van der Waals surface area contributed by atoms with Crippen LogP contribution >= 0.6 is 0 Å². The second-order valence-electron chi connectivity index (χ2n) is 3.49. The predicted octanol–water partition coefficient (Wildman–Crippen LogP) is 0.297. The van der Waals surface area contributed by atoms with E-state index in [4.69, 9.17) is 11.5 Å². The first-order valence-electron chi connectivity index (χ1n) is 4.84. The summed E-state index contributed by atoms with van der Waals surface area (Å²) in [7, 11) is -0.966. The highest BCUT2D eigenvalue weighted by Gasteiger charge is 2.11. The molecule has 0 saturated carbocycles. The van der Waals surface area contributed by atoms with Crippen molar-refractivity contribution in [1.82, 2.24) is 0 Å². The lowest BCUT2D eigenvalue weighted by molar-refractivity contribution is 0.100. The molecule has 0 aliphatic heterocycles. The van der Waals surface area contributed by atoms with E-state index >= 15 is 0 Å². The smallest absolute Gasteiger partial charge is 0.250 e. The molecule has 0 radical (unpaired) electrons. The number of carbonyl (C=O) groups is 1. The Bertz CT molecular complexity index is 465. The van der Waals surface area contributed by atoms with Gasteiger partial charge in [0.15, 0.2) is 0 Å². The number of nitrogen functional groups attached to an aromatic ring is 1. The van der Waals surface area contributed by atoms with Crippen LogP contribution in [-0.2, 0) is 10.8 Å². The number of primary amides is 1. The van der Waals surface area contributed by atoms with Crippen LogP contribution in [0, 0.1) is 5.82 Å². The van der Waals surface area contributed by atoms with Crippen LogP contribution in [-0.4, -0.2) is 28.7 Å². The van der Waals surface area contributed by atoms with E-state index in [2.05, 4.69) is 5.32 Å². The second-order valence-corrected chi connectivity index (χ2v) is 5.04. The van der Waals surface area contributed by atoms with Crippen molar-refractivity contribution in [3.63, 3.8) is 0 Å². The summed E-state index contributed by atoms with van der Waals surface area (Å²) in [4.78, 5) is 11.0. The van der Waals surface area contributed by atoms with Crippen LogP contribution in [0.4, 0.5) is 15.8 Å². The molecule has 0 aliphatic rings. The van der Waals surface area contributed by atoms with Gasteiger partial charge in [0.1, 0.15) is 5.82 Å². The van der Waals surface area contributed by atoms with Gasteiger partial charge >= 0.3 is 0 Å².